The Morgan fingerprint density at radius 2 is 2.11 bits per heavy atom. The zero-order valence-corrected chi connectivity index (χ0v) is 6.64. The van der Waals surface area contributed by atoms with Crippen LogP contribution in [0.5, 0.6) is 0 Å². The van der Waals surface area contributed by atoms with Gasteiger partial charge in [-0.15, -0.1) is 3.89 Å². The van der Waals surface area contributed by atoms with Crippen LogP contribution in [0.3, 0.4) is 0 Å². The van der Waals surface area contributed by atoms with E-state index in [0.717, 1.165) is 13.0 Å². The molecule has 0 aliphatic carbocycles. The lowest BCUT2D eigenvalue weighted by Crippen LogP contribution is -2.02. The van der Waals surface area contributed by atoms with Crippen molar-refractivity contribution >= 4 is 12.3 Å². The van der Waals surface area contributed by atoms with Gasteiger partial charge in [-0.05, 0) is 6.42 Å². The molecule has 0 aromatic carbocycles. The summed E-state index contributed by atoms with van der Waals surface area (Å²) in [6, 6.07) is 0. The first kappa shape index (κ1) is 9.24. The van der Waals surface area contributed by atoms with Crippen LogP contribution in [-0.4, -0.2) is 6.54 Å². The lowest BCUT2D eigenvalue weighted by molar-refractivity contribution is 0.659. The summed E-state index contributed by atoms with van der Waals surface area (Å²) in [6.45, 7) is 2.96. The number of halogens is 1. The zero-order valence-electron chi connectivity index (χ0n) is 5.82. The smallest absolute Gasteiger partial charge is 0.131 e. The first-order valence-electron chi connectivity index (χ1n) is 3.42. The highest BCUT2D eigenvalue weighted by Gasteiger charge is 1.86. The number of rotatable bonds is 6. The molecule has 0 rings (SSSR count). The minimum atomic E-state index is 0.210. The second-order valence-corrected chi connectivity index (χ2v) is 2.48. The Labute approximate surface area is 60.8 Å². The van der Waals surface area contributed by atoms with E-state index >= 15 is 0 Å². The van der Waals surface area contributed by atoms with Crippen LogP contribution >= 0.6 is 12.3 Å². The van der Waals surface area contributed by atoms with Gasteiger partial charge in [0.25, 0.3) is 0 Å². The van der Waals surface area contributed by atoms with Crippen molar-refractivity contribution in [1.29, 1.82) is 0 Å². The van der Waals surface area contributed by atoms with Crippen LogP contribution in [0.25, 0.3) is 0 Å². The van der Waals surface area contributed by atoms with Crippen molar-refractivity contribution < 1.29 is 3.89 Å². The zero-order chi connectivity index (χ0) is 6.95. The predicted octanol–water partition coefficient (Wildman–Crippen LogP) is 2.69. The Morgan fingerprint density at radius 3 is 2.67 bits per heavy atom. The molecule has 56 valence electrons. The van der Waals surface area contributed by atoms with Crippen molar-refractivity contribution in [2.24, 2.45) is 0 Å². The Balaban J connectivity index is 2.60. The van der Waals surface area contributed by atoms with Gasteiger partial charge in [0.2, 0.25) is 0 Å². The molecule has 0 aliphatic rings. The second kappa shape index (κ2) is 8.24. The Morgan fingerprint density at radius 1 is 1.33 bits per heavy atom. The lowest BCUT2D eigenvalue weighted by atomic mass is 10.2. The number of hydrogen-bond donors (Lipinski definition) is 1. The minimum absolute atomic E-state index is 0.210. The molecule has 9 heavy (non-hydrogen) atoms. The van der Waals surface area contributed by atoms with Crippen LogP contribution in [0.1, 0.15) is 32.6 Å². The molecule has 0 saturated heterocycles. The Kier molecular flexibility index (Phi) is 8.46. The molecule has 0 aromatic rings. The van der Waals surface area contributed by atoms with Gasteiger partial charge in [0, 0.05) is 6.54 Å². The molecule has 0 radical (unpaired) electrons. The van der Waals surface area contributed by atoms with E-state index in [4.69, 9.17) is 0 Å². The van der Waals surface area contributed by atoms with Gasteiger partial charge < -0.3 is 0 Å². The normalized spacial score (nSPS) is 10.0. The molecule has 1 nitrogen and oxygen atoms in total. The third kappa shape index (κ3) is 8.24. The fourth-order valence-electron chi connectivity index (χ4n) is 0.663. The van der Waals surface area contributed by atoms with E-state index in [1.165, 1.54) is 19.3 Å². The van der Waals surface area contributed by atoms with Crippen molar-refractivity contribution in [3.05, 3.63) is 0 Å². The first-order valence-corrected chi connectivity index (χ1v) is 4.14. The number of unbranched alkanes of at least 4 members (excludes halogenated alkanes) is 3. The Hall–Kier alpha value is 0.240. The van der Waals surface area contributed by atoms with Crippen molar-refractivity contribution in [2.45, 2.75) is 32.6 Å². The third-order valence-electron chi connectivity index (χ3n) is 1.19. The fraction of sp³-hybridized carbons (Fsp3) is 1.00. The third-order valence-corrected chi connectivity index (χ3v) is 1.50. The van der Waals surface area contributed by atoms with Gasteiger partial charge in [0.1, 0.15) is 12.3 Å². The van der Waals surface area contributed by atoms with Gasteiger partial charge in [-0.25, -0.2) is 4.72 Å². The van der Waals surface area contributed by atoms with E-state index in [-0.39, 0.29) is 12.3 Å². The molecular formula is C6H14FNS. The summed E-state index contributed by atoms with van der Waals surface area (Å²) >= 11 is 0.210. The van der Waals surface area contributed by atoms with Gasteiger partial charge in [0.05, 0.1) is 0 Å². The lowest BCUT2D eigenvalue weighted by Gasteiger charge is -1.96. The minimum Gasteiger partial charge on any atom is -0.236 e. The van der Waals surface area contributed by atoms with E-state index in [9.17, 15) is 3.89 Å². The van der Waals surface area contributed by atoms with Crippen LogP contribution in [0, 0.1) is 0 Å². The number of hydrogen-bond acceptors (Lipinski definition) is 2. The van der Waals surface area contributed by atoms with E-state index in [1.54, 1.807) is 0 Å². The largest absolute Gasteiger partial charge is 0.236 e. The van der Waals surface area contributed by atoms with Crippen LogP contribution < -0.4 is 4.72 Å². The summed E-state index contributed by atoms with van der Waals surface area (Å²) < 4.78 is 13.9. The van der Waals surface area contributed by atoms with E-state index in [1.807, 2.05) is 0 Å². The molecule has 0 unspecified atom stereocenters. The predicted molar refractivity (Wildman–Crippen MR) is 40.8 cm³/mol. The molecule has 0 bridgehead atoms. The summed E-state index contributed by atoms with van der Waals surface area (Å²) in [5.41, 5.74) is 0. The molecule has 0 heterocycles. The molecule has 0 aliphatic heterocycles. The SMILES string of the molecule is CCCCCCNSF. The van der Waals surface area contributed by atoms with Crippen LogP contribution in [0.2, 0.25) is 0 Å². The van der Waals surface area contributed by atoms with Crippen molar-refractivity contribution in [2.75, 3.05) is 6.54 Å². The highest BCUT2D eigenvalue weighted by atomic mass is 32.2. The topological polar surface area (TPSA) is 12.0 Å². The summed E-state index contributed by atoms with van der Waals surface area (Å²) in [7, 11) is 0. The molecule has 1 N–H and O–H groups in total. The Bertz CT molecular complexity index is 46.3. The average Bonchev–Trinajstić information content (AvgIpc) is 1.89. The average molecular weight is 151 g/mol. The van der Waals surface area contributed by atoms with E-state index < -0.39 is 0 Å². The van der Waals surface area contributed by atoms with Gasteiger partial charge in [-0.1, -0.05) is 26.2 Å². The highest BCUT2D eigenvalue weighted by molar-refractivity contribution is 7.92. The maximum atomic E-state index is 11.3. The monoisotopic (exact) mass is 151 g/mol. The van der Waals surface area contributed by atoms with E-state index in [2.05, 4.69) is 11.6 Å². The molecule has 0 amide bonds. The van der Waals surface area contributed by atoms with Crippen molar-refractivity contribution in [3.8, 4) is 0 Å². The molecular weight excluding hydrogens is 137 g/mol. The molecule has 0 spiro atoms. The summed E-state index contributed by atoms with van der Waals surface area (Å²) in [6.07, 6.45) is 4.80. The molecule has 0 fully saturated rings. The molecule has 3 heteroatoms. The maximum absolute atomic E-state index is 11.3. The van der Waals surface area contributed by atoms with Crippen LogP contribution in [0.15, 0.2) is 0 Å². The highest BCUT2D eigenvalue weighted by Crippen LogP contribution is 1.99. The summed E-state index contributed by atoms with van der Waals surface area (Å²) in [5, 5.41) is 0. The second-order valence-electron chi connectivity index (χ2n) is 2.03. The van der Waals surface area contributed by atoms with Crippen LogP contribution in [0.4, 0.5) is 3.89 Å². The van der Waals surface area contributed by atoms with Gasteiger partial charge in [-0.3, -0.25) is 0 Å². The van der Waals surface area contributed by atoms with Gasteiger partial charge >= 0.3 is 0 Å². The quantitative estimate of drug-likeness (QED) is 0.462. The molecule has 0 atom stereocenters. The number of nitrogens with one attached hydrogen (secondary N) is 1. The van der Waals surface area contributed by atoms with Crippen LogP contribution in [-0.2, 0) is 0 Å². The van der Waals surface area contributed by atoms with Gasteiger partial charge in [-0.2, -0.15) is 0 Å². The van der Waals surface area contributed by atoms with E-state index in [0.29, 0.717) is 0 Å². The van der Waals surface area contributed by atoms with Crippen molar-refractivity contribution in [1.82, 2.24) is 4.72 Å². The standard InChI is InChI=1S/C6H14FNS/c1-2-3-4-5-6-8-9-7/h8H,2-6H2,1H3. The molecule has 0 saturated carbocycles. The fourth-order valence-corrected chi connectivity index (χ4v) is 0.884. The first-order chi connectivity index (χ1) is 4.41. The summed E-state index contributed by atoms with van der Waals surface area (Å²) in [5.74, 6) is 0. The maximum Gasteiger partial charge on any atom is 0.131 e. The van der Waals surface area contributed by atoms with Crippen molar-refractivity contribution in [3.63, 3.8) is 0 Å². The van der Waals surface area contributed by atoms with Gasteiger partial charge in [0.15, 0.2) is 0 Å². The molecule has 0 aromatic heterocycles. The summed E-state index contributed by atoms with van der Waals surface area (Å²) in [4.78, 5) is 0.